The Morgan fingerprint density at radius 2 is 0.808 bits per heavy atom. The fraction of sp³-hybridized carbons (Fsp3) is 0.178. The average Bonchev–Trinajstić information content (AvgIpc) is 2.16. The maximum Gasteiger partial charge on any atom is 0.160 e. The van der Waals surface area contributed by atoms with Gasteiger partial charge in [-0.25, -0.2) is 0 Å². The molecule has 78 heavy (non-hydrogen) atoms. The van der Waals surface area contributed by atoms with E-state index in [1.807, 2.05) is 0 Å². The first kappa shape index (κ1) is 48.0. The molecule has 0 saturated heterocycles. The molecule has 2 aliphatic rings. The fourth-order valence-electron chi connectivity index (χ4n) is 13.0. The Morgan fingerprint density at radius 1 is 0.397 bits per heavy atom. The predicted molar refractivity (Wildman–Crippen MR) is 332 cm³/mol. The van der Waals surface area contributed by atoms with Gasteiger partial charge in [0.1, 0.15) is 16.7 Å². The van der Waals surface area contributed by atoms with E-state index >= 15 is 0 Å². The molecule has 0 atom stereocenters. The summed E-state index contributed by atoms with van der Waals surface area (Å²) in [4.78, 5) is 4.93. The summed E-state index contributed by atoms with van der Waals surface area (Å²) in [5.74, 6) is 0. The largest absolute Gasteiger partial charge is 0.455 e. The topological polar surface area (TPSA) is 32.8 Å². The number of nitrogens with zero attached hydrogens (tertiary/aromatic N) is 2. The molecule has 0 aliphatic heterocycles. The van der Waals surface area contributed by atoms with Gasteiger partial charge in [0.05, 0.1) is 30.2 Å². The van der Waals surface area contributed by atoms with E-state index in [1.54, 1.807) is 0 Å². The minimum Gasteiger partial charge on any atom is -0.455 e. The monoisotopic (exact) mass is 1030 g/mol. The maximum atomic E-state index is 7.56. The molecule has 14 rings (SSSR count). The second kappa shape index (κ2) is 17.1. The van der Waals surface area contributed by atoms with Crippen LogP contribution in [0.1, 0.15) is 80.5 Å². The highest BCUT2D eigenvalue weighted by molar-refractivity contribution is 6.88. The van der Waals surface area contributed by atoms with Crippen LogP contribution in [0.4, 0.5) is 34.1 Å². The highest BCUT2D eigenvalue weighted by atomic mass is 28.3. The van der Waals surface area contributed by atoms with Gasteiger partial charge in [0, 0.05) is 50.0 Å². The molecule has 0 bridgehead atoms. The van der Waals surface area contributed by atoms with Gasteiger partial charge in [-0.1, -0.05) is 205 Å². The lowest BCUT2D eigenvalue weighted by Crippen LogP contribution is -2.37. The molecular weight excluding hydrogens is 965 g/mol. The molecule has 0 unspecified atom stereocenters. The van der Waals surface area contributed by atoms with Gasteiger partial charge in [-0.2, -0.15) is 0 Å². The third-order valence-corrected chi connectivity index (χ3v) is 19.1. The smallest absolute Gasteiger partial charge is 0.160 e. The van der Waals surface area contributed by atoms with Crippen LogP contribution in [0.2, 0.25) is 19.6 Å². The first-order valence-corrected chi connectivity index (χ1v) is 31.2. The highest BCUT2D eigenvalue weighted by Gasteiger charge is 2.54. The van der Waals surface area contributed by atoms with Crippen molar-refractivity contribution in [3.05, 3.63) is 245 Å². The van der Waals surface area contributed by atoms with Crippen molar-refractivity contribution in [3.63, 3.8) is 0 Å². The summed E-state index contributed by atoms with van der Waals surface area (Å²) in [6, 6.07) is 77.4. The van der Waals surface area contributed by atoms with Crippen molar-refractivity contribution in [1.82, 2.24) is 0 Å². The summed E-state index contributed by atoms with van der Waals surface area (Å²) >= 11 is 0. The average molecular weight is 1030 g/mol. The Labute approximate surface area is 459 Å². The minimum absolute atomic E-state index is 0.0159. The second-order valence-electron chi connectivity index (χ2n) is 25.0. The molecule has 10 aromatic carbocycles. The van der Waals surface area contributed by atoms with Crippen LogP contribution in [0.5, 0.6) is 0 Å². The van der Waals surface area contributed by atoms with Gasteiger partial charge in [0.2, 0.25) is 0 Å². The van der Waals surface area contributed by atoms with Gasteiger partial charge in [0.25, 0.3) is 0 Å². The number of hydrogen-bond acceptors (Lipinski definition) is 4. The molecule has 2 heterocycles. The highest BCUT2D eigenvalue weighted by Crippen LogP contribution is 2.68. The van der Waals surface area contributed by atoms with Crippen LogP contribution in [-0.2, 0) is 16.2 Å². The van der Waals surface area contributed by atoms with E-state index in [-0.39, 0.29) is 10.8 Å². The molecule has 0 radical (unpaired) electrons. The van der Waals surface area contributed by atoms with Crippen molar-refractivity contribution in [2.75, 3.05) is 9.80 Å². The third kappa shape index (κ3) is 7.10. The Hall–Kier alpha value is -8.38. The zero-order valence-corrected chi connectivity index (χ0v) is 47.3. The fourth-order valence-corrected chi connectivity index (χ4v) is 14.2. The first-order valence-electron chi connectivity index (χ1n) is 27.7. The summed E-state index contributed by atoms with van der Waals surface area (Å²) in [5, 5.41) is 5.72. The number of hydrogen-bond donors (Lipinski definition) is 0. The molecule has 0 amide bonds. The van der Waals surface area contributed by atoms with Crippen LogP contribution in [-0.4, -0.2) is 8.07 Å². The van der Waals surface area contributed by atoms with Gasteiger partial charge in [-0.05, 0) is 135 Å². The molecule has 0 saturated carbocycles. The van der Waals surface area contributed by atoms with E-state index in [4.69, 9.17) is 8.83 Å². The molecule has 4 nitrogen and oxygen atoms in total. The van der Waals surface area contributed by atoms with E-state index in [0.29, 0.717) is 0 Å². The van der Waals surface area contributed by atoms with Gasteiger partial charge in [-0.3, -0.25) is 0 Å². The summed E-state index contributed by atoms with van der Waals surface area (Å²) in [6.07, 6.45) is 0. The Balaban J connectivity index is 1.17. The van der Waals surface area contributed by atoms with Crippen LogP contribution in [0.3, 0.4) is 0 Å². The lowest BCUT2D eigenvalue weighted by Gasteiger charge is -2.34. The number of para-hydroxylation sites is 2. The summed E-state index contributed by atoms with van der Waals surface area (Å²) in [6.45, 7) is 23.2. The quantitative estimate of drug-likeness (QED) is 0.149. The molecule has 2 aromatic heterocycles. The van der Waals surface area contributed by atoms with Gasteiger partial charge in [-0.15, -0.1) is 0 Å². The molecule has 0 N–H and O–H groups in total. The van der Waals surface area contributed by atoms with Gasteiger partial charge >= 0.3 is 0 Å². The number of rotatable bonds is 7. The first-order chi connectivity index (χ1) is 37.5. The van der Waals surface area contributed by atoms with E-state index < -0.39 is 13.5 Å². The van der Waals surface area contributed by atoms with Crippen LogP contribution in [0, 0.1) is 6.92 Å². The second-order valence-corrected chi connectivity index (χ2v) is 30.1. The Morgan fingerprint density at radius 3 is 1.32 bits per heavy atom. The standard InChI is InChI=1S/C73H64N2O2Si/c1-45-27-33-48(34-28-45)75(50-37-31-47(32-38-50)72(5,6)7)62-44-59-67(66-56-22-14-18-26-64(56)76-69(62)66)68-60(73(59)57-23-15-11-19-53(57)54-20-12-16-24-58(54)73)43-61(65-55-21-13-17-25-63(55)77-70(65)68)74(49-35-29-46(30-36-49)71(2,3)4)51-39-41-52(42-40-51)78(8,9)10/h11-44H,1-10H3. The van der Waals surface area contributed by atoms with Crippen LogP contribution in [0.15, 0.2) is 215 Å². The summed E-state index contributed by atoms with van der Waals surface area (Å²) in [5.41, 5.74) is 22.3. The summed E-state index contributed by atoms with van der Waals surface area (Å²) in [7, 11) is -1.64. The molecule has 5 heteroatoms. The van der Waals surface area contributed by atoms with E-state index in [2.05, 4.69) is 284 Å². The molecule has 12 aromatic rings. The number of fused-ring (bicyclic) bond motifs is 18. The molecule has 1 spiro atoms. The minimum atomic E-state index is -1.64. The van der Waals surface area contributed by atoms with Crippen LogP contribution < -0.4 is 15.0 Å². The van der Waals surface area contributed by atoms with Gasteiger partial charge in [0.15, 0.2) is 5.58 Å². The van der Waals surface area contributed by atoms with Gasteiger partial charge < -0.3 is 18.6 Å². The predicted octanol–water partition coefficient (Wildman–Crippen LogP) is 20.2. The van der Waals surface area contributed by atoms with Crippen LogP contribution in [0.25, 0.3) is 66.1 Å². The lowest BCUT2D eigenvalue weighted by atomic mass is 9.70. The van der Waals surface area contributed by atoms with Crippen LogP contribution >= 0.6 is 0 Å². The third-order valence-electron chi connectivity index (χ3n) is 17.0. The van der Waals surface area contributed by atoms with Crippen molar-refractivity contribution in [3.8, 4) is 22.3 Å². The zero-order chi connectivity index (χ0) is 53.6. The number of anilines is 6. The normalized spacial score (nSPS) is 13.6. The van der Waals surface area contributed by atoms with E-state index in [9.17, 15) is 0 Å². The van der Waals surface area contributed by atoms with Crippen molar-refractivity contribution < 1.29 is 8.83 Å². The molecule has 2 aliphatic carbocycles. The number of benzene rings is 10. The Bertz CT molecular complexity index is 4260. The van der Waals surface area contributed by atoms with Crippen molar-refractivity contribution in [1.29, 1.82) is 0 Å². The Kier molecular flexibility index (Phi) is 10.5. The van der Waals surface area contributed by atoms with E-state index in [1.165, 1.54) is 55.3 Å². The summed E-state index contributed by atoms with van der Waals surface area (Å²) < 4.78 is 14.9. The van der Waals surface area contributed by atoms with E-state index in [0.717, 1.165) is 89.1 Å². The lowest BCUT2D eigenvalue weighted by molar-refractivity contribution is 0.590. The molecular formula is C73H64N2O2Si. The molecule has 0 fully saturated rings. The molecule has 382 valence electrons. The van der Waals surface area contributed by atoms with Crippen molar-refractivity contribution in [2.45, 2.75) is 84.4 Å². The number of aryl methyl sites for hydroxylation is 1. The van der Waals surface area contributed by atoms with Crippen molar-refractivity contribution in [2.24, 2.45) is 0 Å². The number of furan rings is 2. The van der Waals surface area contributed by atoms with Crippen molar-refractivity contribution >= 4 is 91.3 Å². The zero-order valence-electron chi connectivity index (χ0n) is 46.3. The maximum absolute atomic E-state index is 7.56. The SMILES string of the molecule is Cc1ccc(N(c2ccc(C(C)(C)C)cc2)c2cc3c(c4c2oc2ccccc24)-c2c(cc(N(c4ccc(C(C)(C)C)cc4)c4ccc([Si](C)(C)C)cc4)c4c2oc2ccccc24)C32c3ccccc3-c3ccccc32)cc1.